The molecular weight excluding hydrogens is 452 g/mol. The lowest BCUT2D eigenvalue weighted by Crippen LogP contribution is -2.29. The van der Waals surface area contributed by atoms with Crippen molar-refractivity contribution < 1.29 is 19.4 Å². The van der Waals surface area contributed by atoms with Crippen molar-refractivity contribution in [3.8, 4) is 5.75 Å². The molecule has 0 saturated carbocycles. The van der Waals surface area contributed by atoms with E-state index in [4.69, 9.17) is 4.74 Å². The van der Waals surface area contributed by atoms with Gasteiger partial charge in [-0.25, -0.2) is 0 Å². The van der Waals surface area contributed by atoms with Gasteiger partial charge in [-0.3, -0.25) is 9.59 Å². The zero-order valence-corrected chi connectivity index (χ0v) is 21.0. The zero-order chi connectivity index (χ0) is 25.7. The maximum atomic E-state index is 13.3. The van der Waals surface area contributed by atoms with Gasteiger partial charge < -0.3 is 19.6 Å². The van der Waals surface area contributed by atoms with E-state index in [1.807, 2.05) is 79.7 Å². The number of amides is 1. The number of likely N-dealkylation sites (tertiary alicyclic amines) is 1. The quantitative estimate of drug-likeness (QED) is 0.187. The van der Waals surface area contributed by atoms with E-state index in [2.05, 4.69) is 6.92 Å². The third-order valence-corrected chi connectivity index (χ3v) is 6.34. The average molecular weight is 485 g/mol. The van der Waals surface area contributed by atoms with Crippen LogP contribution in [0.25, 0.3) is 5.76 Å². The Kier molecular flexibility index (Phi) is 7.74. The number of ketones is 1. The molecule has 1 fully saturated rings. The number of carbonyl (C=O) groups is 2. The number of nitrogens with zero attached hydrogens (tertiary/aromatic N) is 2. The van der Waals surface area contributed by atoms with E-state index in [-0.39, 0.29) is 17.9 Å². The minimum absolute atomic E-state index is 0.0826. The number of ether oxygens (including phenoxy) is 1. The summed E-state index contributed by atoms with van der Waals surface area (Å²) >= 11 is 0. The van der Waals surface area contributed by atoms with Crippen molar-refractivity contribution in [3.63, 3.8) is 0 Å². The summed E-state index contributed by atoms with van der Waals surface area (Å²) in [6.07, 6.45) is 1.93. The number of Topliss-reactive ketones (excluding diaryl/α,β-unsaturated/α-hetero) is 1. The first-order chi connectivity index (χ1) is 17.4. The van der Waals surface area contributed by atoms with Crippen LogP contribution in [0.4, 0.5) is 5.69 Å². The number of benzene rings is 3. The van der Waals surface area contributed by atoms with Gasteiger partial charge in [0.2, 0.25) is 0 Å². The highest BCUT2D eigenvalue weighted by molar-refractivity contribution is 6.46. The Morgan fingerprint density at radius 3 is 2.36 bits per heavy atom. The fraction of sp³-hybridized carbons (Fsp3) is 0.267. The first-order valence-corrected chi connectivity index (χ1v) is 12.2. The van der Waals surface area contributed by atoms with Crippen molar-refractivity contribution in [3.05, 3.63) is 101 Å². The zero-order valence-electron chi connectivity index (χ0n) is 21.0. The van der Waals surface area contributed by atoms with Gasteiger partial charge in [-0.15, -0.1) is 0 Å². The second-order valence-corrected chi connectivity index (χ2v) is 9.13. The maximum Gasteiger partial charge on any atom is 0.295 e. The minimum atomic E-state index is -0.717. The van der Waals surface area contributed by atoms with Gasteiger partial charge in [-0.1, -0.05) is 67.9 Å². The van der Waals surface area contributed by atoms with Crippen molar-refractivity contribution in [2.24, 2.45) is 0 Å². The lowest BCUT2D eigenvalue weighted by Gasteiger charge is -2.26. The molecule has 1 aliphatic rings. The summed E-state index contributed by atoms with van der Waals surface area (Å²) in [6, 6.07) is 23.5. The molecule has 36 heavy (non-hydrogen) atoms. The lowest BCUT2D eigenvalue weighted by molar-refractivity contribution is -0.140. The Morgan fingerprint density at radius 1 is 0.972 bits per heavy atom. The van der Waals surface area contributed by atoms with E-state index < -0.39 is 17.7 Å². The Labute approximate surface area is 212 Å². The standard InChI is InChI=1S/C30H32N2O4/c1-4-5-18-36-25-13-9-12-23(19-25)28(33)26-27(22-14-16-24(17-15-22)31(2)3)32(30(35)29(26)34)20-21-10-7-6-8-11-21/h6-17,19,27,33H,4-5,18,20H2,1-3H3/b28-26+. The molecule has 0 spiro atoms. The van der Waals surface area contributed by atoms with Crippen LogP contribution >= 0.6 is 0 Å². The fourth-order valence-corrected chi connectivity index (χ4v) is 4.35. The maximum absolute atomic E-state index is 13.3. The summed E-state index contributed by atoms with van der Waals surface area (Å²) in [5.41, 5.74) is 3.18. The molecule has 1 amide bonds. The molecule has 1 unspecified atom stereocenters. The monoisotopic (exact) mass is 484 g/mol. The molecule has 0 aliphatic carbocycles. The van der Waals surface area contributed by atoms with Gasteiger partial charge in [0.05, 0.1) is 18.2 Å². The Hall–Kier alpha value is -4.06. The molecule has 1 heterocycles. The van der Waals surface area contributed by atoms with E-state index >= 15 is 0 Å². The number of unbranched alkanes of at least 4 members (excludes halogenated alkanes) is 1. The second kappa shape index (κ2) is 11.1. The third-order valence-electron chi connectivity index (χ3n) is 6.34. The van der Waals surface area contributed by atoms with Gasteiger partial charge in [0.15, 0.2) is 0 Å². The topological polar surface area (TPSA) is 70.1 Å². The predicted octanol–water partition coefficient (Wildman–Crippen LogP) is 5.55. The number of hydrogen-bond acceptors (Lipinski definition) is 5. The van der Waals surface area contributed by atoms with Gasteiger partial charge in [0.1, 0.15) is 11.5 Å². The smallest absolute Gasteiger partial charge is 0.295 e. The molecule has 0 aromatic heterocycles. The highest BCUT2D eigenvalue weighted by Gasteiger charge is 2.46. The fourth-order valence-electron chi connectivity index (χ4n) is 4.35. The van der Waals surface area contributed by atoms with Crippen LogP contribution in [0.15, 0.2) is 84.4 Å². The average Bonchev–Trinajstić information content (AvgIpc) is 3.14. The van der Waals surface area contributed by atoms with Crippen LogP contribution in [0.2, 0.25) is 0 Å². The Balaban J connectivity index is 1.79. The molecule has 3 aromatic carbocycles. The number of anilines is 1. The summed E-state index contributed by atoms with van der Waals surface area (Å²) in [5, 5.41) is 11.4. The normalized spacial score (nSPS) is 16.9. The Bertz CT molecular complexity index is 1250. The van der Waals surface area contributed by atoms with E-state index in [9.17, 15) is 14.7 Å². The van der Waals surface area contributed by atoms with Crippen LogP contribution < -0.4 is 9.64 Å². The molecule has 6 nitrogen and oxygen atoms in total. The molecule has 1 atom stereocenters. The molecule has 186 valence electrons. The van der Waals surface area contributed by atoms with Crippen LogP contribution in [0, 0.1) is 0 Å². The molecule has 4 rings (SSSR count). The van der Waals surface area contributed by atoms with Gasteiger partial charge in [0.25, 0.3) is 11.7 Å². The molecule has 6 heteroatoms. The van der Waals surface area contributed by atoms with Crippen molar-refractivity contribution >= 4 is 23.1 Å². The van der Waals surface area contributed by atoms with Crippen molar-refractivity contribution in [1.82, 2.24) is 4.90 Å². The summed E-state index contributed by atoms with van der Waals surface area (Å²) in [7, 11) is 3.90. The predicted molar refractivity (Wildman–Crippen MR) is 142 cm³/mol. The molecule has 1 saturated heterocycles. The number of rotatable bonds is 9. The van der Waals surface area contributed by atoms with Gasteiger partial charge in [-0.05, 0) is 41.8 Å². The van der Waals surface area contributed by atoms with Gasteiger partial charge >= 0.3 is 0 Å². The number of aliphatic hydroxyl groups excluding tert-OH is 1. The van der Waals surface area contributed by atoms with Crippen LogP contribution in [0.3, 0.4) is 0 Å². The molecule has 3 aromatic rings. The molecular formula is C30H32N2O4. The van der Waals surface area contributed by atoms with Crippen LogP contribution in [-0.2, 0) is 16.1 Å². The van der Waals surface area contributed by atoms with E-state index in [1.165, 1.54) is 4.90 Å². The molecule has 1 aliphatic heterocycles. The molecule has 0 radical (unpaired) electrons. The van der Waals surface area contributed by atoms with Crippen molar-refractivity contribution in [2.75, 3.05) is 25.6 Å². The summed E-state index contributed by atoms with van der Waals surface area (Å²) in [6.45, 7) is 2.91. The SMILES string of the molecule is CCCCOc1cccc(/C(O)=C2\C(=O)C(=O)N(Cc3ccccc3)C2c2ccc(N(C)C)cc2)c1. The van der Waals surface area contributed by atoms with Crippen molar-refractivity contribution in [1.29, 1.82) is 0 Å². The molecule has 0 bridgehead atoms. The van der Waals surface area contributed by atoms with Gasteiger partial charge in [0, 0.05) is 31.9 Å². The van der Waals surface area contributed by atoms with E-state index in [0.717, 1.165) is 29.7 Å². The highest BCUT2D eigenvalue weighted by Crippen LogP contribution is 2.41. The lowest BCUT2D eigenvalue weighted by atomic mass is 9.95. The van der Waals surface area contributed by atoms with Crippen molar-refractivity contribution in [2.45, 2.75) is 32.4 Å². The Morgan fingerprint density at radius 2 is 1.69 bits per heavy atom. The summed E-state index contributed by atoms with van der Waals surface area (Å²) in [5.74, 6) is -0.913. The number of aliphatic hydroxyl groups is 1. The largest absolute Gasteiger partial charge is 0.507 e. The number of hydrogen-bond donors (Lipinski definition) is 1. The summed E-state index contributed by atoms with van der Waals surface area (Å²) in [4.78, 5) is 30.1. The minimum Gasteiger partial charge on any atom is -0.507 e. The third kappa shape index (κ3) is 5.28. The van der Waals surface area contributed by atoms with E-state index in [1.54, 1.807) is 18.2 Å². The second-order valence-electron chi connectivity index (χ2n) is 9.13. The van der Waals surface area contributed by atoms with Crippen LogP contribution in [0.5, 0.6) is 5.75 Å². The summed E-state index contributed by atoms with van der Waals surface area (Å²) < 4.78 is 5.79. The molecule has 1 N–H and O–H groups in total. The van der Waals surface area contributed by atoms with Crippen LogP contribution in [-0.4, -0.2) is 42.4 Å². The number of carbonyl (C=O) groups excluding carboxylic acids is 2. The first kappa shape index (κ1) is 25.0. The van der Waals surface area contributed by atoms with Crippen LogP contribution in [0.1, 0.15) is 42.5 Å². The van der Waals surface area contributed by atoms with E-state index in [0.29, 0.717) is 17.9 Å². The highest BCUT2D eigenvalue weighted by atomic mass is 16.5. The van der Waals surface area contributed by atoms with Gasteiger partial charge in [-0.2, -0.15) is 0 Å². The first-order valence-electron chi connectivity index (χ1n) is 12.2.